The number of amides is 1. The van der Waals surface area contributed by atoms with Crippen molar-refractivity contribution in [2.24, 2.45) is 0 Å². The third-order valence-electron chi connectivity index (χ3n) is 2.67. The molecular weight excluding hydrogens is 399 g/mol. The molecule has 0 saturated carbocycles. The Morgan fingerprint density at radius 3 is 2.48 bits per heavy atom. The second-order valence-electron chi connectivity index (χ2n) is 4.16. The highest BCUT2D eigenvalue weighted by Crippen LogP contribution is 2.18. The minimum absolute atomic E-state index is 0.0389. The minimum Gasteiger partial charge on any atom is -0.320 e. The molecule has 104 valence electrons. The number of nitrogens with one attached hydrogen (secondary N) is 1. The fourth-order valence-electron chi connectivity index (χ4n) is 1.63. The molecule has 0 radical (unpaired) electrons. The van der Waals surface area contributed by atoms with Crippen LogP contribution in [-0.4, -0.2) is 5.91 Å². The van der Waals surface area contributed by atoms with Crippen molar-refractivity contribution in [1.29, 1.82) is 5.26 Å². The highest BCUT2D eigenvalue weighted by Gasteiger charge is 2.10. The summed E-state index contributed by atoms with van der Waals surface area (Å²) in [5, 5.41) is 12.5. The van der Waals surface area contributed by atoms with Gasteiger partial charge in [0.2, 0.25) is 0 Å². The minimum atomic E-state index is -0.434. The Morgan fingerprint density at radius 1 is 1.19 bits per heavy atom. The van der Waals surface area contributed by atoms with Gasteiger partial charge in [-0.3, -0.25) is 4.79 Å². The second-order valence-corrected chi connectivity index (χ2v) is 5.75. The van der Waals surface area contributed by atoms with Crippen LogP contribution in [0.2, 0.25) is 5.02 Å². The van der Waals surface area contributed by atoms with E-state index in [4.69, 9.17) is 16.9 Å². The Hall–Kier alpha value is -1.84. The van der Waals surface area contributed by atoms with Crippen molar-refractivity contribution < 1.29 is 4.79 Å². The summed E-state index contributed by atoms with van der Waals surface area (Å²) in [6.07, 6.45) is 1.53. The molecule has 1 N–H and O–H groups in total. The zero-order valence-corrected chi connectivity index (χ0v) is 13.7. The molecule has 0 heterocycles. The number of carbonyl (C=O) groups is 1. The first kappa shape index (κ1) is 15.5. The molecule has 2 rings (SSSR count). The maximum absolute atomic E-state index is 12.1. The van der Waals surface area contributed by atoms with E-state index in [2.05, 4.69) is 27.9 Å². The second kappa shape index (κ2) is 7.25. The van der Waals surface area contributed by atoms with Crippen LogP contribution in [0, 0.1) is 14.9 Å². The molecule has 0 fully saturated rings. The molecule has 0 aromatic heterocycles. The molecule has 21 heavy (non-hydrogen) atoms. The molecule has 0 aliphatic rings. The molecule has 2 aromatic rings. The van der Waals surface area contributed by atoms with Crippen LogP contribution in [-0.2, 0) is 4.79 Å². The van der Waals surface area contributed by atoms with E-state index in [1.54, 1.807) is 30.3 Å². The van der Waals surface area contributed by atoms with Gasteiger partial charge in [-0.2, -0.15) is 5.26 Å². The summed E-state index contributed by atoms with van der Waals surface area (Å²) >= 11 is 7.93. The summed E-state index contributed by atoms with van der Waals surface area (Å²) in [5.41, 5.74) is 1.46. The predicted molar refractivity (Wildman–Crippen MR) is 92.8 cm³/mol. The summed E-state index contributed by atoms with van der Waals surface area (Å²) in [7, 11) is 0. The summed E-state index contributed by atoms with van der Waals surface area (Å²) in [6, 6.07) is 16.2. The van der Waals surface area contributed by atoms with Gasteiger partial charge in [-0.25, -0.2) is 0 Å². The first-order valence-corrected chi connectivity index (χ1v) is 7.49. The van der Waals surface area contributed by atoms with Crippen molar-refractivity contribution in [3.05, 3.63) is 68.3 Å². The number of anilines is 1. The Balaban J connectivity index is 2.21. The first-order valence-electron chi connectivity index (χ1n) is 6.03. The third-order valence-corrected chi connectivity index (χ3v) is 3.86. The largest absolute Gasteiger partial charge is 0.320 e. The van der Waals surface area contributed by atoms with Gasteiger partial charge in [-0.1, -0.05) is 35.9 Å². The number of nitrogens with zero attached hydrogens (tertiary/aromatic N) is 1. The van der Waals surface area contributed by atoms with Crippen LogP contribution >= 0.6 is 34.2 Å². The van der Waals surface area contributed by atoms with Crippen LogP contribution in [0.1, 0.15) is 5.56 Å². The highest BCUT2D eigenvalue weighted by atomic mass is 127. The van der Waals surface area contributed by atoms with E-state index in [1.165, 1.54) is 6.08 Å². The van der Waals surface area contributed by atoms with Crippen molar-refractivity contribution in [3.63, 3.8) is 0 Å². The number of carbonyl (C=O) groups excluding carboxylic acids is 1. The van der Waals surface area contributed by atoms with Crippen LogP contribution in [0.5, 0.6) is 0 Å². The molecule has 0 atom stereocenters. The van der Waals surface area contributed by atoms with Crippen LogP contribution in [0.25, 0.3) is 6.08 Å². The van der Waals surface area contributed by atoms with E-state index in [1.807, 2.05) is 24.3 Å². The number of rotatable bonds is 3. The summed E-state index contributed by atoms with van der Waals surface area (Å²) in [6.45, 7) is 0. The molecule has 0 unspecified atom stereocenters. The van der Waals surface area contributed by atoms with E-state index in [0.29, 0.717) is 10.7 Å². The van der Waals surface area contributed by atoms with E-state index in [0.717, 1.165) is 9.13 Å². The van der Waals surface area contributed by atoms with Crippen LogP contribution in [0.4, 0.5) is 5.69 Å². The van der Waals surface area contributed by atoms with Crippen LogP contribution < -0.4 is 5.32 Å². The van der Waals surface area contributed by atoms with Crippen LogP contribution in [0.3, 0.4) is 0 Å². The Labute approximate surface area is 141 Å². The van der Waals surface area contributed by atoms with Crippen molar-refractivity contribution in [1.82, 2.24) is 0 Å². The van der Waals surface area contributed by atoms with Gasteiger partial charge in [-0.05, 0) is 58.5 Å². The van der Waals surface area contributed by atoms with Gasteiger partial charge in [0.15, 0.2) is 0 Å². The lowest BCUT2D eigenvalue weighted by molar-refractivity contribution is -0.112. The van der Waals surface area contributed by atoms with E-state index in [-0.39, 0.29) is 5.57 Å². The van der Waals surface area contributed by atoms with Gasteiger partial charge in [-0.15, -0.1) is 0 Å². The zero-order chi connectivity index (χ0) is 15.2. The normalized spacial score (nSPS) is 10.8. The van der Waals surface area contributed by atoms with Gasteiger partial charge < -0.3 is 5.32 Å². The highest BCUT2D eigenvalue weighted by molar-refractivity contribution is 14.1. The molecule has 2 aromatic carbocycles. The van der Waals surface area contributed by atoms with E-state index >= 15 is 0 Å². The fraction of sp³-hybridized carbons (Fsp3) is 0. The van der Waals surface area contributed by atoms with Gasteiger partial charge in [0.1, 0.15) is 11.6 Å². The molecule has 0 aliphatic heterocycles. The molecule has 1 amide bonds. The standard InChI is InChI=1S/C16H10ClIN2O/c17-13-7-5-11(6-8-13)9-12(10-19)16(21)20-15-4-2-1-3-14(15)18/h1-9H,(H,20,21)/b12-9-. The fourth-order valence-corrected chi connectivity index (χ4v) is 2.27. The number of para-hydroxylation sites is 1. The average Bonchev–Trinajstić information content (AvgIpc) is 2.49. The number of halogens is 2. The quantitative estimate of drug-likeness (QED) is 0.462. The van der Waals surface area contributed by atoms with Crippen molar-refractivity contribution in [2.75, 3.05) is 5.32 Å². The lowest BCUT2D eigenvalue weighted by Crippen LogP contribution is -2.14. The first-order chi connectivity index (χ1) is 10.1. The maximum Gasteiger partial charge on any atom is 0.266 e. The molecule has 3 nitrogen and oxygen atoms in total. The number of nitriles is 1. The molecule has 0 spiro atoms. The summed E-state index contributed by atoms with van der Waals surface area (Å²) in [5.74, 6) is -0.434. The number of benzene rings is 2. The Bertz CT molecular complexity index is 733. The van der Waals surface area contributed by atoms with E-state index in [9.17, 15) is 4.79 Å². The van der Waals surface area contributed by atoms with Gasteiger partial charge in [0, 0.05) is 8.59 Å². The van der Waals surface area contributed by atoms with Gasteiger partial charge in [0.25, 0.3) is 5.91 Å². The van der Waals surface area contributed by atoms with Crippen molar-refractivity contribution >= 4 is 51.9 Å². The third kappa shape index (κ3) is 4.31. The zero-order valence-electron chi connectivity index (χ0n) is 10.8. The SMILES string of the molecule is N#C/C(=C/c1ccc(Cl)cc1)C(=O)Nc1ccccc1I. The topological polar surface area (TPSA) is 52.9 Å². The smallest absolute Gasteiger partial charge is 0.266 e. The van der Waals surface area contributed by atoms with Gasteiger partial charge >= 0.3 is 0 Å². The molecule has 5 heteroatoms. The summed E-state index contributed by atoms with van der Waals surface area (Å²) in [4.78, 5) is 12.1. The Kier molecular flexibility index (Phi) is 5.37. The number of hydrogen-bond acceptors (Lipinski definition) is 2. The molecule has 0 saturated heterocycles. The molecule has 0 aliphatic carbocycles. The monoisotopic (exact) mass is 408 g/mol. The van der Waals surface area contributed by atoms with Crippen molar-refractivity contribution in [2.45, 2.75) is 0 Å². The van der Waals surface area contributed by atoms with Crippen molar-refractivity contribution in [3.8, 4) is 6.07 Å². The van der Waals surface area contributed by atoms with E-state index < -0.39 is 5.91 Å². The Morgan fingerprint density at radius 2 is 1.86 bits per heavy atom. The number of hydrogen-bond donors (Lipinski definition) is 1. The summed E-state index contributed by atoms with van der Waals surface area (Å²) < 4.78 is 0.909. The lowest BCUT2D eigenvalue weighted by Gasteiger charge is -2.06. The average molecular weight is 409 g/mol. The van der Waals surface area contributed by atoms with Gasteiger partial charge in [0.05, 0.1) is 5.69 Å². The molecular formula is C16H10ClIN2O. The maximum atomic E-state index is 12.1. The predicted octanol–water partition coefficient (Wildman–Crippen LogP) is 4.49. The van der Waals surface area contributed by atoms with Crippen LogP contribution in [0.15, 0.2) is 54.1 Å². The molecule has 0 bridgehead atoms. The lowest BCUT2D eigenvalue weighted by atomic mass is 10.1.